The minimum atomic E-state index is -0.680. The molecule has 0 amide bonds. The molecule has 0 spiro atoms. The molecule has 2 aromatic heterocycles. The quantitative estimate of drug-likeness (QED) is 0.322. The zero-order chi connectivity index (χ0) is 22.3. The minimum absolute atomic E-state index is 0.0451. The van der Waals surface area contributed by atoms with Gasteiger partial charge in [-0.2, -0.15) is 4.68 Å². The second kappa shape index (κ2) is 9.61. The van der Waals surface area contributed by atoms with E-state index in [1.165, 1.54) is 22.9 Å². The van der Waals surface area contributed by atoms with Crippen molar-refractivity contribution in [1.82, 2.24) is 25.2 Å². The standard InChI is InChI=1S/C23H18FN5O3/c1-16-26-27-28-29(16)21(13-17-6-4-8-19(24)12-17)23(30)31-15-18-7-2-3-10-22(18)32-20-9-5-11-25-14-20/h2-14H,15H2,1H3/b21-13-. The summed E-state index contributed by atoms with van der Waals surface area (Å²) < 4.78 is 26.3. The van der Waals surface area contributed by atoms with Crippen LogP contribution in [0.2, 0.25) is 0 Å². The molecular formula is C23H18FN5O3. The first-order valence-corrected chi connectivity index (χ1v) is 9.66. The summed E-state index contributed by atoms with van der Waals surface area (Å²) in [6.45, 7) is 1.58. The first-order valence-electron chi connectivity index (χ1n) is 9.66. The summed E-state index contributed by atoms with van der Waals surface area (Å²) in [6, 6.07) is 16.5. The Morgan fingerprint density at radius 1 is 1.12 bits per heavy atom. The highest BCUT2D eigenvalue weighted by molar-refractivity contribution is 6.15. The van der Waals surface area contributed by atoms with Crippen LogP contribution in [0.15, 0.2) is 73.1 Å². The van der Waals surface area contributed by atoms with Crippen molar-refractivity contribution in [2.75, 3.05) is 0 Å². The molecular weight excluding hydrogens is 413 g/mol. The summed E-state index contributed by atoms with van der Waals surface area (Å²) in [5.41, 5.74) is 1.17. The molecule has 9 heteroatoms. The smallest absolute Gasteiger partial charge is 0.357 e. The number of ether oxygens (including phenoxy) is 2. The van der Waals surface area contributed by atoms with Crippen LogP contribution in [-0.4, -0.2) is 31.2 Å². The van der Waals surface area contributed by atoms with E-state index in [1.807, 2.05) is 12.1 Å². The highest BCUT2D eigenvalue weighted by Gasteiger charge is 2.19. The predicted molar refractivity (Wildman–Crippen MR) is 114 cm³/mol. The molecule has 0 fully saturated rings. The number of hydrogen-bond donors (Lipinski definition) is 0. The minimum Gasteiger partial charge on any atom is -0.456 e. The van der Waals surface area contributed by atoms with Crippen molar-refractivity contribution < 1.29 is 18.7 Å². The second-order valence-corrected chi connectivity index (χ2v) is 6.70. The van der Waals surface area contributed by atoms with Crippen LogP contribution < -0.4 is 4.74 Å². The van der Waals surface area contributed by atoms with Gasteiger partial charge in [0.2, 0.25) is 0 Å². The molecule has 4 rings (SSSR count). The van der Waals surface area contributed by atoms with Crippen molar-refractivity contribution in [3.8, 4) is 11.5 Å². The van der Waals surface area contributed by atoms with E-state index in [9.17, 15) is 9.18 Å². The number of hydrogen-bond acceptors (Lipinski definition) is 7. The normalized spacial score (nSPS) is 11.2. The van der Waals surface area contributed by atoms with Gasteiger partial charge < -0.3 is 9.47 Å². The van der Waals surface area contributed by atoms with Gasteiger partial charge in [0.25, 0.3) is 0 Å². The van der Waals surface area contributed by atoms with Crippen LogP contribution in [0, 0.1) is 12.7 Å². The molecule has 0 saturated carbocycles. The van der Waals surface area contributed by atoms with Gasteiger partial charge in [0.05, 0.1) is 6.20 Å². The van der Waals surface area contributed by atoms with E-state index in [1.54, 1.807) is 55.7 Å². The zero-order valence-electron chi connectivity index (χ0n) is 17.1. The molecule has 2 aromatic carbocycles. The van der Waals surface area contributed by atoms with Crippen molar-refractivity contribution in [3.05, 3.63) is 95.8 Å². The predicted octanol–water partition coefficient (Wildman–Crippen LogP) is 4.05. The fourth-order valence-electron chi connectivity index (χ4n) is 2.89. The molecule has 0 N–H and O–H groups in total. The van der Waals surface area contributed by atoms with Gasteiger partial charge in [-0.1, -0.05) is 30.3 Å². The monoisotopic (exact) mass is 431 g/mol. The highest BCUT2D eigenvalue weighted by Crippen LogP contribution is 2.25. The number of rotatable bonds is 7. The molecule has 160 valence electrons. The average Bonchev–Trinajstić information content (AvgIpc) is 3.23. The van der Waals surface area contributed by atoms with E-state index >= 15 is 0 Å². The van der Waals surface area contributed by atoms with Crippen molar-refractivity contribution in [2.45, 2.75) is 13.5 Å². The number of halogens is 1. The molecule has 2 heterocycles. The summed E-state index contributed by atoms with van der Waals surface area (Å²) in [5, 5.41) is 11.2. The lowest BCUT2D eigenvalue weighted by Crippen LogP contribution is -2.15. The maximum absolute atomic E-state index is 13.6. The summed E-state index contributed by atoms with van der Waals surface area (Å²) >= 11 is 0. The summed E-state index contributed by atoms with van der Waals surface area (Å²) in [7, 11) is 0. The molecule has 0 aliphatic rings. The lowest BCUT2D eigenvalue weighted by atomic mass is 10.2. The van der Waals surface area contributed by atoms with Gasteiger partial charge in [-0.05, 0) is 59.3 Å². The maximum Gasteiger partial charge on any atom is 0.357 e. The Balaban J connectivity index is 1.57. The van der Waals surface area contributed by atoms with Gasteiger partial charge in [0, 0.05) is 11.8 Å². The number of para-hydroxylation sites is 1. The first kappa shape index (κ1) is 20.9. The van der Waals surface area contributed by atoms with Crippen LogP contribution in [0.1, 0.15) is 17.0 Å². The lowest BCUT2D eigenvalue weighted by molar-refractivity contribution is -0.138. The van der Waals surface area contributed by atoms with Crippen LogP contribution in [0.5, 0.6) is 11.5 Å². The fourth-order valence-corrected chi connectivity index (χ4v) is 2.89. The van der Waals surface area contributed by atoms with Gasteiger partial charge in [-0.25, -0.2) is 9.18 Å². The van der Waals surface area contributed by atoms with Crippen LogP contribution in [-0.2, 0) is 16.1 Å². The van der Waals surface area contributed by atoms with Crippen LogP contribution in [0.3, 0.4) is 0 Å². The van der Waals surface area contributed by atoms with Crippen LogP contribution >= 0.6 is 0 Å². The molecule has 0 atom stereocenters. The third kappa shape index (κ3) is 5.01. The molecule has 0 saturated heterocycles. The topological polar surface area (TPSA) is 92.0 Å². The molecule has 0 aliphatic heterocycles. The molecule has 0 unspecified atom stereocenters. The SMILES string of the molecule is Cc1nnnn1/C(=C\c1cccc(F)c1)C(=O)OCc1ccccc1Oc1cccnc1. The number of carbonyl (C=O) groups excluding carboxylic acids is 1. The van der Waals surface area contributed by atoms with E-state index in [4.69, 9.17) is 9.47 Å². The fraction of sp³-hybridized carbons (Fsp3) is 0.0870. The van der Waals surface area contributed by atoms with Crippen LogP contribution in [0.4, 0.5) is 4.39 Å². The van der Waals surface area contributed by atoms with E-state index in [0.29, 0.717) is 28.5 Å². The second-order valence-electron chi connectivity index (χ2n) is 6.70. The zero-order valence-corrected chi connectivity index (χ0v) is 17.1. The number of tetrazole rings is 1. The van der Waals surface area contributed by atoms with Crippen molar-refractivity contribution in [2.24, 2.45) is 0 Å². The highest BCUT2D eigenvalue weighted by atomic mass is 19.1. The van der Waals surface area contributed by atoms with Gasteiger partial charge in [0.1, 0.15) is 23.9 Å². The Morgan fingerprint density at radius 2 is 2.00 bits per heavy atom. The van der Waals surface area contributed by atoms with E-state index in [0.717, 1.165) is 0 Å². The Morgan fingerprint density at radius 3 is 2.75 bits per heavy atom. The summed E-state index contributed by atoms with van der Waals surface area (Å²) in [5.74, 6) is 0.358. The Labute approximate surface area is 182 Å². The summed E-state index contributed by atoms with van der Waals surface area (Å²) in [4.78, 5) is 17.0. The van der Waals surface area contributed by atoms with E-state index < -0.39 is 11.8 Å². The number of aromatic nitrogens is 5. The molecule has 0 radical (unpaired) electrons. The molecule has 0 aliphatic carbocycles. The number of benzene rings is 2. The lowest BCUT2D eigenvalue weighted by Gasteiger charge is -2.12. The van der Waals surface area contributed by atoms with Crippen molar-refractivity contribution in [3.63, 3.8) is 0 Å². The number of esters is 1. The third-order valence-corrected chi connectivity index (χ3v) is 4.41. The van der Waals surface area contributed by atoms with Gasteiger partial charge in [-0.3, -0.25) is 4.98 Å². The largest absolute Gasteiger partial charge is 0.456 e. The number of pyridine rings is 1. The third-order valence-electron chi connectivity index (χ3n) is 4.41. The van der Waals surface area contributed by atoms with Gasteiger partial charge >= 0.3 is 5.97 Å². The molecule has 4 aromatic rings. The van der Waals surface area contributed by atoms with E-state index in [-0.39, 0.29) is 12.3 Å². The van der Waals surface area contributed by atoms with Gasteiger partial charge in [0.15, 0.2) is 11.5 Å². The number of nitrogens with zero attached hydrogens (tertiary/aromatic N) is 5. The Hall–Kier alpha value is -4.40. The molecule has 32 heavy (non-hydrogen) atoms. The van der Waals surface area contributed by atoms with Gasteiger partial charge in [-0.15, -0.1) is 5.10 Å². The Bertz CT molecular complexity index is 1260. The molecule has 8 nitrogen and oxygen atoms in total. The first-order chi connectivity index (χ1) is 15.6. The van der Waals surface area contributed by atoms with Crippen molar-refractivity contribution in [1.29, 1.82) is 0 Å². The summed E-state index contributed by atoms with van der Waals surface area (Å²) in [6.07, 6.45) is 4.70. The number of carbonyl (C=O) groups is 1. The maximum atomic E-state index is 13.6. The van der Waals surface area contributed by atoms with Crippen molar-refractivity contribution >= 4 is 17.7 Å². The Kier molecular flexibility index (Phi) is 6.26. The molecule has 0 bridgehead atoms. The van der Waals surface area contributed by atoms with E-state index in [2.05, 4.69) is 20.5 Å². The average molecular weight is 431 g/mol. The number of aryl methyl sites for hydroxylation is 1. The van der Waals surface area contributed by atoms with Crippen LogP contribution in [0.25, 0.3) is 11.8 Å².